The lowest BCUT2D eigenvalue weighted by Gasteiger charge is -2.16. The molecule has 0 amide bonds. The van der Waals surface area contributed by atoms with Crippen LogP contribution in [0.15, 0.2) is 35.1 Å². The van der Waals surface area contributed by atoms with E-state index in [1.165, 1.54) is 11.9 Å². The Morgan fingerprint density at radius 2 is 1.86 bits per heavy atom. The van der Waals surface area contributed by atoms with Crippen molar-refractivity contribution in [2.45, 2.75) is 19.5 Å². The van der Waals surface area contributed by atoms with Crippen LogP contribution in [0.4, 0.5) is 0 Å². The molecule has 0 aliphatic carbocycles. The van der Waals surface area contributed by atoms with Gasteiger partial charge in [0.05, 0.1) is 19.8 Å². The zero-order valence-electron chi connectivity index (χ0n) is 12.3. The van der Waals surface area contributed by atoms with E-state index in [1.54, 1.807) is 14.2 Å². The van der Waals surface area contributed by atoms with E-state index < -0.39 is 0 Å². The Morgan fingerprint density at radius 1 is 1.19 bits per heavy atom. The number of nitrogens with one attached hydrogen (secondary N) is 1. The van der Waals surface area contributed by atoms with Crippen molar-refractivity contribution in [1.82, 2.24) is 15.3 Å². The van der Waals surface area contributed by atoms with E-state index in [4.69, 9.17) is 9.47 Å². The molecular weight excluding hydrogens is 334 g/mol. The van der Waals surface area contributed by atoms with Crippen molar-refractivity contribution in [3.05, 3.63) is 46.2 Å². The minimum Gasteiger partial charge on any atom is -0.481 e. The molecule has 6 heteroatoms. The van der Waals surface area contributed by atoms with Crippen molar-refractivity contribution < 1.29 is 9.47 Å². The van der Waals surface area contributed by atoms with Gasteiger partial charge in [-0.05, 0) is 24.6 Å². The smallest absolute Gasteiger partial charge is 0.224 e. The van der Waals surface area contributed by atoms with Crippen LogP contribution >= 0.6 is 15.9 Å². The molecule has 0 aliphatic heterocycles. The Hall–Kier alpha value is -1.66. The predicted octanol–water partition coefficient (Wildman–Crippen LogP) is 3.11. The number of hydrogen-bond donors (Lipinski definition) is 1. The second-order valence-corrected chi connectivity index (χ2v) is 5.44. The molecule has 0 aliphatic rings. The highest BCUT2D eigenvalue weighted by Crippen LogP contribution is 2.24. The molecule has 0 unspecified atom stereocenters. The summed E-state index contributed by atoms with van der Waals surface area (Å²) < 4.78 is 11.6. The summed E-state index contributed by atoms with van der Waals surface area (Å²) in [6, 6.07) is 8.38. The van der Waals surface area contributed by atoms with Crippen LogP contribution in [0.3, 0.4) is 0 Å². The van der Waals surface area contributed by atoms with Gasteiger partial charge in [-0.2, -0.15) is 0 Å². The van der Waals surface area contributed by atoms with Crippen molar-refractivity contribution in [1.29, 1.82) is 0 Å². The van der Waals surface area contributed by atoms with Crippen LogP contribution in [0.5, 0.6) is 11.8 Å². The molecule has 0 saturated heterocycles. The number of ether oxygens (including phenoxy) is 2. The third-order valence-corrected chi connectivity index (χ3v) is 3.68. The van der Waals surface area contributed by atoms with Gasteiger partial charge in [0, 0.05) is 17.1 Å². The topological polar surface area (TPSA) is 56.3 Å². The largest absolute Gasteiger partial charge is 0.481 e. The van der Waals surface area contributed by atoms with Crippen molar-refractivity contribution >= 4 is 15.9 Å². The SMILES string of the molecule is COc1ncnc(OC)c1CN[C@H](C)c1cccc(Br)c1. The fourth-order valence-corrected chi connectivity index (χ4v) is 2.45. The molecule has 0 spiro atoms. The summed E-state index contributed by atoms with van der Waals surface area (Å²) in [7, 11) is 3.17. The van der Waals surface area contributed by atoms with Crippen LogP contribution < -0.4 is 14.8 Å². The number of halogens is 1. The highest BCUT2D eigenvalue weighted by molar-refractivity contribution is 9.10. The van der Waals surface area contributed by atoms with Crippen molar-refractivity contribution in [3.63, 3.8) is 0 Å². The van der Waals surface area contributed by atoms with Gasteiger partial charge in [-0.3, -0.25) is 0 Å². The lowest BCUT2D eigenvalue weighted by molar-refractivity contribution is 0.357. The molecular formula is C15H18BrN3O2. The summed E-state index contributed by atoms with van der Waals surface area (Å²) in [5.41, 5.74) is 2.00. The average Bonchev–Trinajstić information content (AvgIpc) is 2.52. The van der Waals surface area contributed by atoms with Crippen molar-refractivity contribution in [2.75, 3.05) is 14.2 Å². The first-order chi connectivity index (χ1) is 10.2. The fourth-order valence-electron chi connectivity index (χ4n) is 2.03. The van der Waals surface area contributed by atoms with Crippen LogP contribution in [-0.4, -0.2) is 24.2 Å². The number of nitrogens with zero attached hydrogens (tertiary/aromatic N) is 2. The van der Waals surface area contributed by atoms with Gasteiger partial charge in [0.25, 0.3) is 0 Å². The number of benzene rings is 1. The Morgan fingerprint density at radius 3 is 2.43 bits per heavy atom. The molecule has 1 atom stereocenters. The van der Waals surface area contributed by atoms with Gasteiger partial charge in [-0.25, -0.2) is 9.97 Å². The third-order valence-electron chi connectivity index (χ3n) is 3.19. The highest BCUT2D eigenvalue weighted by Gasteiger charge is 2.14. The summed E-state index contributed by atoms with van der Waals surface area (Å²) in [5.74, 6) is 1.05. The van der Waals surface area contributed by atoms with E-state index >= 15 is 0 Å². The van der Waals surface area contributed by atoms with E-state index in [0.717, 1.165) is 10.0 Å². The maximum absolute atomic E-state index is 5.27. The van der Waals surface area contributed by atoms with Crippen LogP contribution in [0, 0.1) is 0 Å². The number of aromatic nitrogens is 2. The first kappa shape index (κ1) is 15.7. The standard InChI is InChI=1S/C15H18BrN3O2/c1-10(11-5-4-6-12(16)7-11)17-8-13-14(20-2)18-9-19-15(13)21-3/h4-7,9-10,17H,8H2,1-3H3/t10-/m1/s1. The average molecular weight is 352 g/mol. The second kappa shape index (κ2) is 7.38. The minimum atomic E-state index is 0.178. The van der Waals surface area contributed by atoms with E-state index in [1.807, 2.05) is 12.1 Å². The molecule has 21 heavy (non-hydrogen) atoms. The maximum atomic E-state index is 5.27. The molecule has 0 bridgehead atoms. The Bertz CT molecular complexity index is 585. The highest BCUT2D eigenvalue weighted by atomic mass is 79.9. The summed E-state index contributed by atoms with van der Waals surface area (Å²) in [5, 5.41) is 3.43. The zero-order chi connectivity index (χ0) is 15.2. The van der Waals surface area contributed by atoms with E-state index in [2.05, 4.69) is 50.3 Å². The van der Waals surface area contributed by atoms with Crippen LogP contribution in [0.1, 0.15) is 24.1 Å². The minimum absolute atomic E-state index is 0.178. The molecule has 0 radical (unpaired) electrons. The predicted molar refractivity (Wildman–Crippen MR) is 84.5 cm³/mol. The van der Waals surface area contributed by atoms with Gasteiger partial charge in [0.1, 0.15) is 6.33 Å². The van der Waals surface area contributed by atoms with Gasteiger partial charge in [0.15, 0.2) is 0 Å². The number of hydrogen-bond acceptors (Lipinski definition) is 5. The monoisotopic (exact) mass is 351 g/mol. The Kier molecular flexibility index (Phi) is 5.52. The molecule has 0 saturated carbocycles. The van der Waals surface area contributed by atoms with E-state index in [9.17, 15) is 0 Å². The van der Waals surface area contributed by atoms with E-state index in [-0.39, 0.29) is 6.04 Å². The summed E-state index contributed by atoms with van der Waals surface area (Å²) in [6.07, 6.45) is 1.43. The number of rotatable bonds is 6. The second-order valence-electron chi connectivity index (χ2n) is 4.53. The zero-order valence-corrected chi connectivity index (χ0v) is 13.8. The van der Waals surface area contributed by atoms with Gasteiger partial charge >= 0.3 is 0 Å². The van der Waals surface area contributed by atoms with Gasteiger partial charge in [0.2, 0.25) is 11.8 Å². The molecule has 1 N–H and O–H groups in total. The molecule has 1 aromatic carbocycles. The fraction of sp³-hybridized carbons (Fsp3) is 0.333. The van der Waals surface area contributed by atoms with Gasteiger partial charge in [-0.15, -0.1) is 0 Å². The molecule has 112 valence electrons. The maximum Gasteiger partial charge on any atom is 0.224 e. The lowest BCUT2D eigenvalue weighted by atomic mass is 10.1. The van der Waals surface area contributed by atoms with E-state index in [0.29, 0.717) is 18.3 Å². The Labute approximate surface area is 132 Å². The van der Waals surface area contributed by atoms with Crippen LogP contribution in [0.25, 0.3) is 0 Å². The molecule has 2 aromatic rings. The quantitative estimate of drug-likeness (QED) is 0.866. The van der Waals surface area contributed by atoms with Gasteiger partial charge in [-0.1, -0.05) is 28.1 Å². The summed E-state index contributed by atoms with van der Waals surface area (Å²) in [6.45, 7) is 2.66. The first-order valence-corrected chi connectivity index (χ1v) is 7.35. The van der Waals surface area contributed by atoms with Crippen molar-refractivity contribution in [2.24, 2.45) is 0 Å². The number of methoxy groups -OCH3 is 2. The molecule has 1 heterocycles. The Balaban J connectivity index is 2.12. The summed E-state index contributed by atoms with van der Waals surface area (Å²) >= 11 is 3.48. The van der Waals surface area contributed by atoms with Crippen LogP contribution in [0.2, 0.25) is 0 Å². The lowest BCUT2D eigenvalue weighted by Crippen LogP contribution is -2.19. The molecule has 1 aromatic heterocycles. The molecule has 5 nitrogen and oxygen atoms in total. The van der Waals surface area contributed by atoms with Crippen LogP contribution in [-0.2, 0) is 6.54 Å². The molecule has 2 rings (SSSR count). The third kappa shape index (κ3) is 3.92. The summed E-state index contributed by atoms with van der Waals surface area (Å²) in [4.78, 5) is 8.22. The first-order valence-electron chi connectivity index (χ1n) is 6.56. The van der Waals surface area contributed by atoms with Crippen molar-refractivity contribution in [3.8, 4) is 11.8 Å². The van der Waals surface area contributed by atoms with Gasteiger partial charge < -0.3 is 14.8 Å². The molecule has 0 fully saturated rings. The normalized spacial score (nSPS) is 12.0.